The Bertz CT molecular complexity index is 572. The van der Waals surface area contributed by atoms with Crippen molar-refractivity contribution < 1.29 is 0 Å². The largest absolute Gasteiger partial charge is 0.344 e. The van der Waals surface area contributed by atoms with E-state index in [-0.39, 0.29) is 0 Å². The molecule has 0 fully saturated rings. The molecule has 0 saturated carbocycles. The summed E-state index contributed by atoms with van der Waals surface area (Å²) in [6.07, 6.45) is 4.59. The van der Waals surface area contributed by atoms with Gasteiger partial charge in [0, 0.05) is 32.0 Å². The first-order chi connectivity index (χ1) is 9.09. The SMILES string of the molecule is CC(C)n1c(N(C)CCc2ccncc2)n[nH]c1=S. The van der Waals surface area contributed by atoms with Crippen LogP contribution in [-0.4, -0.2) is 33.3 Å². The molecule has 0 bridgehead atoms. The van der Waals surface area contributed by atoms with Crippen LogP contribution in [0.5, 0.6) is 0 Å². The number of aromatic nitrogens is 4. The molecular weight excluding hydrogens is 258 g/mol. The van der Waals surface area contributed by atoms with Crippen LogP contribution in [0.4, 0.5) is 5.95 Å². The van der Waals surface area contributed by atoms with Crippen molar-refractivity contribution in [2.24, 2.45) is 0 Å². The fourth-order valence-corrected chi connectivity index (χ4v) is 2.32. The van der Waals surface area contributed by atoms with Gasteiger partial charge in [0.1, 0.15) is 0 Å². The van der Waals surface area contributed by atoms with Gasteiger partial charge in [0.05, 0.1) is 0 Å². The molecular formula is C13H19N5S. The highest BCUT2D eigenvalue weighted by atomic mass is 32.1. The highest BCUT2D eigenvalue weighted by Gasteiger charge is 2.13. The standard InChI is InChI=1S/C13H19N5S/c1-10(2)18-12(15-16-13(18)19)17(3)9-6-11-4-7-14-8-5-11/h4-5,7-8,10H,6,9H2,1-3H3,(H,16,19). The van der Waals surface area contributed by atoms with E-state index in [0.717, 1.165) is 18.9 Å². The summed E-state index contributed by atoms with van der Waals surface area (Å²) in [6, 6.07) is 4.37. The second-order valence-corrected chi connectivity index (χ2v) is 5.21. The lowest BCUT2D eigenvalue weighted by atomic mass is 10.2. The van der Waals surface area contributed by atoms with Crippen molar-refractivity contribution in [3.8, 4) is 0 Å². The Labute approximate surface area is 118 Å². The molecule has 0 aliphatic rings. The second-order valence-electron chi connectivity index (χ2n) is 4.82. The zero-order valence-corrected chi connectivity index (χ0v) is 12.3. The number of anilines is 1. The van der Waals surface area contributed by atoms with E-state index in [1.54, 1.807) is 0 Å². The van der Waals surface area contributed by atoms with Gasteiger partial charge in [-0.15, -0.1) is 5.10 Å². The molecule has 0 aromatic carbocycles. The van der Waals surface area contributed by atoms with Crippen molar-refractivity contribution in [2.75, 3.05) is 18.5 Å². The predicted octanol–water partition coefficient (Wildman–Crippen LogP) is 2.60. The van der Waals surface area contributed by atoms with Gasteiger partial charge in [0.25, 0.3) is 0 Å². The van der Waals surface area contributed by atoms with Gasteiger partial charge in [-0.05, 0) is 50.2 Å². The Hall–Kier alpha value is -1.69. The number of nitrogens with one attached hydrogen (secondary N) is 1. The Kier molecular flexibility index (Phi) is 4.31. The molecule has 0 saturated heterocycles. The van der Waals surface area contributed by atoms with Crippen LogP contribution in [-0.2, 0) is 6.42 Å². The zero-order chi connectivity index (χ0) is 13.8. The fraction of sp³-hybridized carbons (Fsp3) is 0.462. The van der Waals surface area contributed by atoms with Gasteiger partial charge in [0.2, 0.25) is 5.95 Å². The van der Waals surface area contributed by atoms with E-state index in [9.17, 15) is 0 Å². The predicted molar refractivity (Wildman–Crippen MR) is 79.0 cm³/mol. The van der Waals surface area contributed by atoms with Crippen LogP contribution in [0.15, 0.2) is 24.5 Å². The lowest BCUT2D eigenvalue weighted by Gasteiger charge is -2.20. The number of hydrogen-bond acceptors (Lipinski definition) is 4. The number of likely N-dealkylation sites (N-methyl/N-ethyl adjacent to an activating group) is 1. The molecule has 2 rings (SSSR count). The molecule has 19 heavy (non-hydrogen) atoms. The zero-order valence-electron chi connectivity index (χ0n) is 11.5. The number of hydrogen-bond donors (Lipinski definition) is 1. The van der Waals surface area contributed by atoms with E-state index in [1.807, 2.05) is 36.1 Å². The molecule has 0 spiro atoms. The van der Waals surface area contributed by atoms with E-state index in [0.29, 0.717) is 10.8 Å². The molecule has 5 nitrogen and oxygen atoms in total. The van der Waals surface area contributed by atoms with Crippen molar-refractivity contribution in [2.45, 2.75) is 26.3 Å². The molecule has 1 N–H and O–H groups in total. The minimum Gasteiger partial charge on any atom is -0.344 e. The maximum absolute atomic E-state index is 5.26. The van der Waals surface area contributed by atoms with Crippen molar-refractivity contribution in [1.82, 2.24) is 19.7 Å². The molecule has 2 aromatic heterocycles. The van der Waals surface area contributed by atoms with Gasteiger partial charge < -0.3 is 4.90 Å². The number of rotatable bonds is 5. The van der Waals surface area contributed by atoms with Gasteiger partial charge in [-0.1, -0.05) is 0 Å². The third-order valence-corrected chi connectivity index (χ3v) is 3.32. The molecule has 0 unspecified atom stereocenters. The quantitative estimate of drug-likeness (QED) is 0.854. The summed E-state index contributed by atoms with van der Waals surface area (Å²) in [4.78, 5) is 6.14. The van der Waals surface area contributed by atoms with Crippen molar-refractivity contribution in [3.63, 3.8) is 0 Å². The van der Waals surface area contributed by atoms with Crippen LogP contribution in [0, 0.1) is 4.77 Å². The van der Waals surface area contributed by atoms with E-state index >= 15 is 0 Å². The third kappa shape index (κ3) is 3.20. The van der Waals surface area contributed by atoms with Gasteiger partial charge in [-0.2, -0.15) is 0 Å². The minimum atomic E-state index is 0.296. The summed E-state index contributed by atoms with van der Waals surface area (Å²) < 4.78 is 2.70. The molecule has 0 amide bonds. The smallest absolute Gasteiger partial charge is 0.225 e. The molecule has 2 heterocycles. The van der Waals surface area contributed by atoms with Crippen molar-refractivity contribution in [3.05, 3.63) is 34.9 Å². The number of H-pyrrole nitrogens is 1. The van der Waals surface area contributed by atoms with Crippen molar-refractivity contribution in [1.29, 1.82) is 0 Å². The third-order valence-electron chi connectivity index (χ3n) is 3.03. The Morgan fingerprint density at radius 2 is 2.05 bits per heavy atom. The molecule has 0 aliphatic heterocycles. The number of aromatic amines is 1. The van der Waals surface area contributed by atoms with Crippen LogP contribution in [0.3, 0.4) is 0 Å². The van der Waals surface area contributed by atoms with Crippen LogP contribution in [0.2, 0.25) is 0 Å². The van der Waals surface area contributed by atoms with Gasteiger partial charge in [-0.3, -0.25) is 9.55 Å². The molecule has 0 aliphatic carbocycles. The topological polar surface area (TPSA) is 49.7 Å². The average molecular weight is 277 g/mol. The van der Waals surface area contributed by atoms with Crippen LogP contribution >= 0.6 is 12.2 Å². The summed E-state index contributed by atoms with van der Waals surface area (Å²) in [7, 11) is 2.03. The van der Waals surface area contributed by atoms with Crippen molar-refractivity contribution >= 4 is 18.2 Å². The molecule has 6 heteroatoms. The van der Waals surface area contributed by atoms with E-state index in [4.69, 9.17) is 12.2 Å². The van der Waals surface area contributed by atoms with Crippen LogP contribution < -0.4 is 4.90 Å². The van der Waals surface area contributed by atoms with Gasteiger partial charge in [0.15, 0.2) is 4.77 Å². The maximum atomic E-state index is 5.26. The van der Waals surface area contributed by atoms with E-state index < -0.39 is 0 Å². The Morgan fingerprint density at radius 1 is 1.37 bits per heavy atom. The van der Waals surface area contributed by atoms with Gasteiger partial charge in [-0.25, -0.2) is 5.10 Å². The van der Waals surface area contributed by atoms with Crippen LogP contribution in [0.25, 0.3) is 0 Å². The second kappa shape index (κ2) is 5.97. The summed E-state index contributed by atoms with van der Waals surface area (Å²) in [5, 5.41) is 7.17. The summed E-state index contributed by atoms with van der Waals surface area (Å²) >= 11 is 5.26. The Balaban J connectivity index is 2.08. The molecule has 0 atom stereocenters. The van der Waals surface area contributed by atoms with Crippen LogP contribution in [0.1, 0.15) is 25.5 Å². The first-order valence-corrected chi connectivity index (χ1v) is 6.77. The minimum absolute atomic E-state index is 0.296. The highest BCUT2D eigenvalue weighted by Crippen LogP contribution is 2.16. The lowest BCUT2D eigenvalue weighted by molar-refractivity contribution is 0.583. The summed E-state index contributed by atoms with van der Waals surface area (Å²) in [5.41, 5.74) is 1.27. The van der Waals surface area contributed by atoms with E-state index in [2.05, 4.69) is 33.9 Å². The maximum Gasteiger partial charge on any atom is 0.225 e. The van der Waals surface area contributed by atoms with E-state index in [1.165, 1.54) is 5.56 Å². The first kappa shape index (κ1) is 13.7. The number of pyridine rings is 1. The first-order valence-electron chi connectivity index (χ1n) is 6.36. The van der Waals surface area contributed by atoms with Gasteiger partial charge >= 0.3 is 0 Å². The molecule has 0 radical (unpaired) electrons. The Morgan fingerprint density at radius 3 is 2.68 bits per heavy atom. The monoisotopic (exact) mass is 277 g/mol. The number of nitrogens with zero attached hydrogens (tertiary/aromatic N) is 4. The average Bonchev–Trinajstić information content (AvgIpc) is 2.79. The summed E-state index contributed by atoms with van der Waals surface area (Å²) in [5.74, 6) is 0.883. The fourth-order valence-electron chi connectivity index (χ4n) is 1.98. The normalized spacial score (nSPS) is 10.9. The summed E-state index contributed by atoms with van der Waals surface area (Å²) in [6.45, 7) is 5.09. The highest BCUT2D eigenvalue weighted by molar-refractivity contribution is 7.71. The molecule has 102 valence electrons. The molecule has 2 aromatic rings. The lowest BCUT2D eigenvalue weighted by Crippen LogP contribution is -2.24.